The van der Waals surface area contributed by atoms with Crippen molar-refractivity contribution in [2.45, 2.75) is 32.4 Å². The first kappa shape index (κ1) is 25.1. The minimum Gasteiger partial charge on any atom is -0.507 e. The van der Waals surface area contributed by atoms with E-state index in [1.54, 1.807) is 49.6 Å². The van der Waals surface area contributed by atoms with E-state index in [0.717, 1.165) is 0 Å². The summed E-state index contributed by atoms with van der Waals surface area (Å²) in [6.45, 7) is 4.62. The number of hydrogen-bond acceptors (Lipinski definition) is 7. The van der Waals surface area contributed by atoms with Gasteiger partial charge < -0.3 is 29.0 Å². The molecule has 0 aromatic heterocycles. The number of ketones is 1. The lowest BCUT2D eigenvalue weighted by atomic mass is 9.95. The first-order valence-corrected chi connectivity index (χ1v) is 11.1. The molecule has 0 aliphatic carbocycles. The third-order valence-corrected chi connectivity index (χ3v) is 5.63. The molecular weight excluding hydrogens is 438 g/mol. The van der Waals surface area contributed by atoms with Crippen LogP contribution in [0.3, 0.4) is 0 Å². The number of likely N-dealkylation sites (tertiary alicyclic amines) is 1. The molecule has 2 aromatic carbocycles. The van der Waals surface area contributed by atoms with Crippen molar-refractivity contribution in [2.75, 3.05) is 34.5 Å². The van der Waals surface area contributed by atoms with Crippen LogP contribution in [0.5, 0.6) is 17.2 Å². The maximum atomic E-state index is 13.2. The van der Waals surface area contributed by atoms with E-state index in [9.17, 15) is 14.7 Å². The lowest BCUT2D eigenvalue weighted by molar-refractivity contribution is -0.140. The summed E-state index contributed by atoms with van der Waals surface area (Å²) in [5, 5.41) is 11.3. The van der Waals surface area contributed by atoms with Crippen molar-refractivity contribution < 1.29 is 33.6 Å². The highest BCUT2D eigenvalue weighted by atomic mass is 16.5. The highest BCUT2D eigenvalue weighted by Gasteiger charge is 2.46. The van der Waals surface area contributed by atoms with Crippen LogP contribution in [0.25, 0.3) is 5.76 Å². The maximum Gasteiger partial charge on any atom is 0.295 e. The second kappa shape index (κ2) is 11.1. The molecule has 0 spiro atoms. The van der Waals surface area contributed by atoms with E-state index in [2.05, 4.69) is 0 Å². The van der Waals surface area contributed by atoms with Crippen LogP contribution < -0.4 is 14.2 Å². The Morgan fingerprint density at radius 1 is 0.971 bits per heavy atom. The van der Waals surface area contributed by atoms with E-state index in [-0.39, 0.29) is 17.4 Å². The molecule has 1 saturated heterocycles. The molecule has 0 radical (unpaired) electrons. The Hall–Kier alpha value is -3.52. The van der Waals surface area contributed by atoms with Gasteiger partial charge in [-0.05, 0) is 50.1 Å². The van der Waals surface area contributed by atoms with Crippen LogP contribution in [0.4, 0.5) is 0 Å². The van der Waals surface area contributed by atoms with Gasteiger partial charge in [0.05, 0.1) is 44.6 Å². The fraction of sp³-hybridized carbons (Fsp3) is 0.385. The third kappa shape index (κ3) is 5.17. The van der Waals surface area contributed by atoms with Crippen LogP contribution in [0.1, 0.15) is 37.4 Å². The number of benzene rings is 2. The number of carbonyl (C=O) groups excluding carboxylic acids is 2. The SMILES string of the molecule is COc1ccc(C2/C(=C(/O)c3ccc(OC)cc3OC)C(=O)C(=O)N2CCCOC(C)C)cc1. The molecule has 182 valence electrons. The van der Waals surface area contributed by atoms with Crippen molar-refractivity contribution in [1.29, 1.82) is 0 Å². The predicted molar refractivity (Wildman–Crippen MR) is 127 cm³/mol. The lowest BCUT2D eigenvalue weighted by Gasteiger charge is -2.25. The van der Waals surface area contributed by atoms with Crippen molar-refractivity contribution in [3.63, 3.8) is 0 Å². The minimum absolute atomic E-state index is 0.00316. The van der Waals surface area contributed by atoms with Gasteiger partial charge in [-0.25, -0.2) is 0 Å². The zero-order valence-electron chi connectivity index (χ0n) is 20.2. The molecule has 1 aliphatic rings. The quantitative estimate of drug-likeness (QED) is 0.244. The molecule has 1 amide bonds. The fourth-order valence-electron chi connectivity index (χ4n) is 3.94. The number of methoxy groups -OCH3 is 3. The van der Waals surface area contributed by atoms with Gasteiger partial charge in [0.25, 0.3) is 11.7 Å². The molecule has 1 aliphatic heterocycles. The van der Waals surface area contributed by atoms with Crippen molar-refractivity contribution >= 4 is 17.4 Å². The molecule has 2 aromatic rings. The number of Topliss-reactive ketones (excluding diaryl/α,β-unsaturated/α-hetero) is 1. The standard InChI is InChI=1S/C26H31NO7/c1-16(2)34-14-6-13-27-23(17-7-9-18(31-3)10-8-17)22(25(29)26(27)30)24(28)20-12-11-19(32-4)15-21(20)33-5/h7-12,15-16,23,28H,6,13-14H2,1-5H3/b24-22-. The molecule has 1 atom stereocenters. The molecule has 0 saturated carbocycles. The first-order valence-electron chi connectivity index (χ1n) is 11.1. The highest BCUT2D eigenvalue weighted by Crippen LogP contribution is 2.41. The Balaban J connectivity index is 2.09. The number of hydrogen-bond donors (Lipinski definition) is 1. The molecule has 1 heterocycles. The molecule has 1 N–H and O–H groups in total. The second-order valence-electron chi connectivity index (χ2n) is 8.10. The Morgan fingerprint density at radius 3 is 2.21 bits per heavy atom. The fourth-order valence-corrected chi connectivity index (χ4v) is 3.94. The molecule has 3 rings (SSSR count). The number of carbonyl (C=O) groups is 2. The number of amides is 1. The Labute approximate surface area is 199 Å². The molecular formula is C26H31NO7. The summed E-state index contributed by atoms with van der Waals surface area (Å²) < 4.78 is 21.5. The largest absolute Gasteiger partial charge is 0.507 e. The van der Waals surface area contributed by atoms with Gasteiger partial charge in [-0.3, -0.25) is 9.59 Å². The van der Waals surface area contributed by atoms with Gasteiger partial charge in [0.2, 0.25) is 0 Å². The molecule has 34 heavy (non-hydrogen) atoms. The molecule has 1 unspecified atom stereocenters. The molecule has 8 heteroatoms. The summed E-state index contributed by atoms with van der Waals surface area (Å²) in [6, 6.07) is 11.2. The molecule has 1 fully saturated rings. The normalized spacial score (nSPS) is 17.4. The predicted octanol–water partition coefficient (Wildman–Crippen LogP) is 3.95. The molecule has 8 nitrogen and oxygen atoms in total. The Kier molecular flexibility index (Phi) is 8.17. The van der Waals surface area contributed by atoms with Gasteiger partial charge in [-0.15, -0.1) is 0 Å². The van der Waals surface area contributed by atoms with Crippen molar-refractivity contribution in [3.05, 3.63) is 59.2 Å². The van der Waals surface area contributed by atoms with Crippen LogP contribution in [-0.2, 0) is 14.3 Å². The topological polar surface area (TPSA) is 94.5 Å². The maximum absolute atomic E-state index is 13.2. The van der Waals surface area contributed by atoms with Crippen LogP contribution in [-0.4, -0.2) is 62.3 Å². The van der Waals surface area contributed by atoms with Gasteiger partial charge in [-0.1, -0.05) is 12.1 Å². The van der Waals surface area contributed by atoms with Gasteiger partial charge in [-0.2, -0.15) is 0 Å². The van der Waals surface area contributed by atoms with Crippen molar-refractivity contribution in [2.24, 2.45) is 0 Å². The molecule has 0 bridgehead atoms. The summed E-state index contributed by atoms with van der Waals surface area (Å²) in [5.41, 5.74) is 0.977. The van der Waals surface area contributed by atoms with Crippen LogP contribution in [0, 0.1) is 0 Å². The van der Waals surface area contributed by atoms with Gasteiger partial charge in [0.15, 0.2) is 0 Å². The summed E-state index contributed by atoms with van der Waals surface area (Å²) in [5.74, 6) is -0.226. The zero-order chi connectivity index (χ0) is 24.8. The highest BCUT2D eigenvalue weighted by molar-refractivity contribution is 6.46. The summed E-state index contributed by atoms with van der Waals surface area (Å²) in [6.07, 6.45) is 0.611. The van der Waals surface area contributed by atoms with Crippen molar-refractivity contribution in [1.82, 2.24) is 4.90 Å². The lowest BCUT2D eigenvalue weighted by Crippen LogP contribution is -2.31. The Bertz CT molecular complexity index is 1060. The second-order valence-corrected chi connectivity index (χ2v) is 8.10. The smallest absolute Gasteiger partial charge is 0.295 e. The van der Waals surface area contributed by atoms with Crippen LogP contribution in [0.15, 0.2) is 48.0 Å². The monoisotopic (exact) mass is 469 g/mol. The van der Waals surface area contributed by atoms with E-state index in [4.69, 9.17) is 18.9 Å². The van der Waals surface area contributed by atoms with Gasteiger partial charge in [0.1, 0.15) is 23.0 Å². The summed E-state index contributed by atoms with van der Waals surface area (Å²) in [4.78, 5) is 27.7. The van der Waals surface area contributed by atoms with Crippen LogP contribution in [0.2, 0.25) is 0 Å². The van der Waals surface area contributed by atoms with E-state index >= 15 is 0 Å². The Morgan fingerprint density at radius 2 is 1.62 bits per heavy atom. The van der Waals surface area contributed by atoms with Gasteiger partial charge in [0, 0.05) is 19.2 Å². The minimum atomic E-state index is -0.767. The van der Waals surface area contributed by atoms with E-state index in [1.807, 2.05) is 13.8 Å². The van der Waals surface area contributed by atoms with Crippen LogP contribution >= 0.6 is 0 Å². The summed E-state index contributed by atoms with van der Waals surface area (Å²) >= 11 is 0. The summed E-state index contributed by atoms with van der Waals surface area (Å²) in [7, 11) is 4.54. The third-order valence-electron chi connectivity index (χ3n) is 5.63. The van der Waals surface area contributed by atoms with E-state index in [1.165, 1.54) is 19.1 Å². The number of rotatable bonds is 10. The number of ether oxygens (including phenoxy) is 4. The average molecular weight is 470 g/mol. The number of aliphatic hydroxyl groups is 1. The van der Waals surface area contributed by atoms with Gasteiger partial charge >= 0.3 is 0 Å². The van der Waals surface area contributed by atoms with E-state index in [0.29, 0.717) is 47.9 Å². The number of aliphatic hydroxyl groups excluding tert-OH is 1. The first-order chi connectivity index (χ1) is 16.3. The zero-order valence-corrected chi connectivity index (χ0v) is 20.2. The number of nitrogens with zero attached hydrogens (tertiary/aromatic N) is 1. The van der Waals surface area contributed by atoms with E-state index < -0.39 is 17.7 Å². The average Bonchev–Trinajstić information content (AvgIpc) is 3.10. The van der Waals surface area contributed by atoms with Crippen molar-refractivity contribution in [3.8, 4) is 17.2 Å².